The van der Waals surface area contributed by atoms with Crippen molar-refractivity contribution in [2.24, 2.45) is 5.10 Å². The van der Waals surface area contributed by atoms with Crippen molar-refractivity contribution in [3.63, 3.8) is 0 Å². The summed E-state index contributed by atoms with van der Waals surface area (Å²) >= 11 is 1.05. The molecule has 0 fully saturated rings. The minimum Gasteiger partial charge on any atom is -0.308 e. The van der Waals surface area contributed by atoms with Gasteiger partial charge in [0.15, 0.2) is 0 Å². The summed E-state index contributed by atoms with van der Waals surface area (Å²) in [6.45, 7) is 0. The van der Waals surface area contributed by atoms with Gasteiger partial charge < -0.3 is 5.32 Å². The number of hydrogen-bond acceptors (Lipinski definition) is 8. The Bertz CT molecular complexity index is 1080. The zero-order chi connectivity index (χ0) is 21.3. The first-order valence-electron chi connectivity index (χ1n) is 8.51. The zero-order valence-electron chi connectivity index (χ0n) is 15.3. The minimum atomic E-state index is -0.517. The summed E-state index contributed by atoms with van der Waals surface area (Å²) in [5.41, 5.74) is 3.33. The summed E-state index contributed by atoms with van der Waals surface area (Å²) in [6, 6.07) is 14.2. The number of urea groups is 1. The van der Waals surface area contributed by atoms with Gasteiger partial charge in [-0.05, 0) is 12.1 Å². The number of hydrazone groups is 1. The largest absolute Gasteiger partial charge is 0.325 e. The van der Waals surface area contributed by atoms with Crippen LogP contribution in [0.15, 0.2) is 59.7 Å². The first kappa shape index (κ1) is 20.5. The van der Waals surface area contributed by atoms with E-state index >= 15 is 0 Å². The number of rotatable bonds is 7. The fourth-order valence-electron chi connectivity index (χ4n) is 2.23. The summed E-state index contributed by atoms with van der Waals surface area (Å²) < 4.78 is 0. The molecule has 3 N–H and O–H groups in total. The summed E-state index contributed by atoms with van der Waals surface area (Å²) in [5, 5.41) is 28.0. The third-order valence-electron chi connectivity index (χ3n) is 3.51. The lowest BCUT2D eigenvalue weighted by atomic mass is 10.2. The Hall–Kier alpha value is -4.19. The van der Waals surface area contributed by atoms with Crippen molar-refractivity contribution in [1.29, 1.82) is 0 Å². The normalized spacial score (nSPS) is 10.5. The predicted molar refractivity (Wildman–Crippen MR) is 112 cm³/mol. The number of aromatic nitrogens is 2. The third kappa shape index (κ3) is 6.17. The highest BCUT2D eigenvalue weighted by Crippen LogP contribution is 2.16. The van der Waals surface area contributed by atoms with Crippen molar-refractivity contribution in [2.75, 3.05) is 10.6 Å². The Kier molecular flexibility index (Phi) is 6.74. The van der Waals surface area contributed by atoms with Gasteiger partial charge in [-0.15, -0.1) is 10.2 Å². The molecule has 0 bridgehead atoms. The van der Waals surface area contributed by atoms with Crippen LogP contribution in [-0.2, 0) is 11.2 Å². The number of anilines is 2. The number of nitro groups is 1. The first-order chi connectivity index (χ1) is 14.5. The first-order valence-corrected chi connectivity index (χ1v) is 9.33. The number of nitrogens with one attached hydrogen (secondary N) is 3. The van der Waals surface area contributed by atoms with E-state index in [1.165, 1.54) is 24.4 Å². The molecule has 12 heteroatoms. The molecule has 0 aliphatic carbocycles. The van der Waals surface area contributed by atoms with E-state index in [1.54, 1.807) is 30.3 Å². The highest BCUT2D eigenvalue weighted by atomic mass is 32.1. The molecule has 0 aliphatic rings. The molecular weight excluding hydrogens is 410 g/mol. The maximum absolute atomic E-state index is 12.0. The number of amides is 3. The number of para-hydroxylation sites is 1. The summed E-state index contributed by atoms with van der Waals surface area (Å²) in [5.74, 6) is -0.451. The van der Waals surface area contributed by atoms with E-state index in [9.17, 15) is 19.7 Å². The van der Waals surface area contributed by atoms with Gasteiger partial charge in [0.2, 0.25) is 11.0 Å². The summed E-state index contributed by atoms with van der Waals surface area (Å²) in [7, 11) is 0. The molecule has 3 aromatic rings. The van der Waals surface area contributed by atoms with Gasteiger partial charge in [0.1, 0.15) is 5.01 Å². The van der Waals surface area contributed by atoms with E-state index in [-0.39, 0.29) is 17.2 Å². The van der Waals surface area contributed by atoms with E-state index in [0.29, 0.717) is 16.3 Å². The van der Waals surface area contributed by atoms with Crippen molar-refractivity contribution in [2.45, 2.75) is 6.42 Å². The van der Waals surface area contributed by atoms with Gasteiger partial charge in [-0.3, -0.25) is 20.2 Å². The number of nitrogens with zero attached hydrogens (tertiary/aromatic N) is 4. The van der Waals surface area contributed by atoms with Crippen LogP contribution >= 0.6 is 11.3 Å². The second kappa shape index (κ2) is 9.84. The Balaban J connectivity index is 1.48. The van der Waals surface area contributed by atoms with Gasteiger partial charge in [-0.1, -0.05) is 41.7 Å². The molecule has 1 aromatic heterocycles. The van der Waals surface area contributed by atoms with Crippen molar-refractivity contribution < 1.29 is 14.5 Å². The Labute approximate surface area is 174 Å². The number of carbonyl (C=O) groups is 2. The highest BCUT2D eigenvalue weighted by molar-refractivity contribution is 7.15. The van der Waals surface area contributed by atoms with Crippen LogP contribution in [0, 0.1) is 10.1 Å². The molecule has 2 aromatic carbocycles. The van der Waals surface area contributed by atoms with Crippen LogP contribution in [0.4, 0.5) is 21.3 Å². The fourth-order valence-corrected chi connectivity index (χ4v) is 2.96. The molecule has 3 amide bonds. The maximum atomic E-state index is 12.0. The highest BCUT2D eigenvalue weighted by Gasteiger charge is 2.11. The van der Waals surface area contributed by atoms with Crippen LogP contribution in [0.5, 0.6) is 0 Å². The molecule has 0 saturated heterocycles. The van der Waals surface area contributed by atoms with E-state index < -0.39 is 16.9 Å². The maximum Gasteiger partial charge on any atom is 0.325 e. The van der Waals surface area contributed by atoms with Gasteiger partial charge in [0.25, 0.3) is 5.69 Å². The average molecular weight is 425 g/mol. The van der Waals surface area contributed by atoms with Crippen molar-refractivity contribution in [3.8, 4) is 0 Å². The number of non-ortho nitro benzene ring substituents is 1. The second-order valence-electron chi connectivity index (χ2n) is 5.77. The number of hydrogen-bond donors (Lipinski definition) is 3. The van der Waals surface area contributed by atoms with Crippen molar-refractivity contribution in [1.82, 2.24) is 15.6 Å². The molecule has 11 nitrogen and oxygen atoms in total. The Morgan fingerprint density at radius 2 is 1.90 bits per heavy atom. The van der Waals surface area contributed by atoms with E-state index in [2.05, 4.69) is 31.4 Å². The van der Waals surface area contributed by atoms with Gasteiger partial charge in [-0.2, -0.15) is 5.10 Å². The standard InChI is InChI=1S/C18H15N7O4S/c26-15(22-19-11-12-5-4-8-14(9-12)25(28)29)10-16-23-24-18(30-16)21-17(27)20-13-6-2-1-3-7-13/h1-9,11H,10H2,(H,22,26)(H2,20,21,24,27)/b19-11+. The Morgan fingerprint density at radius 1 is 1.10 bits per heavy atom. The average Bonchev–Trinajstić information content (AvgIpc) is 3.15. The lowest BCUT2D eigenvalue weighted by molar-refractivity contribution is -0.384. The zero-order valence-corrected chi connectivity index (χ0v) is 16.1. The van der Waals surface area contributed by atoms with Crippen molar-refractivity contribution >= 4 is 46.0 Å². The molecule has 1 heterocycles. The summed E-state index contributed by atoms with van der Waals surface area (Å²) in [4.78, 5) is 34.1. The summed E-state index contributed by atoms with van der Waals surface area (Å²) in [6.07, 6.45) is 1.21. The van der Waals surface area contributed by atoms with Crippen LogP contribution < -0.4 is 16.1 Å². The van der Waals surface area contributed by atoms with Crippen LogP contribution in [0.25, 0.3) is 0 Å². The predicted octanol–water partition coefficient (Wildman–Crippen LogP) is 2.78. The number of nitro benzene ring substituents is 1. The number of benzene rings is 2. The molecule has 0 radical (unpaired) electrons. The molecule has 0 atom stereocenters. The van der Waals surface area contributed by atoms with Crippen LogP contribution in [0.3, 0.4) is 0 Å². The SMILES string of the molecule is O=C(Cc1nnc(NC(=O)Nc2ccccc2)s1)N/N=C/c1cccc([N+](=O)[O-])c1. The Morgan fingerprint density at radius 3 is 2.67 bits per heavy atom. The lowest BCUT2D eigenvalue weighted by Gasteiger charge is -2.03. The molecular formula is C18H15N7O4S. The van der Waals surface area contributed by atoms with E-state index in [4.69, 9.17) is 0 Å². The lowest BCUT2D eigenvalue weighted by Crippen LogP contribution is -2.19. The van der Waals surface area contributed by atoms with Gasteiger partial charge >= 0.3 is 6.03 Å². The second-order valence-corrected chi connectivity index (χ2v) is 6.83. The third-order valence-corrected chi connectivity index (χ3v) is 4.35. The van der Waals surface area contributed by atoms with Crippen LogP contribution in [0.1, 0.15) is 10.6 Å². The molecule has 3 rings (SSSR count). The molecule has 0 saturated carbocycles. The molecule has 0 unspecified atom stereocenters. The van der Waals surface area contributed by atoms with Gasteiger partial charge in [0, 0.05) is 23.4 Å². The molecule has 0 spiro atoms. The van der Waals surface area contributed by atoms with Crippen LogP contribution in [0.2, 0.25) is 0 Å². The van der Waals surface area contributed by atoms with Crippen molar-refractivity contribution in [3.05, 3.63) is 75.3 Å². The molecule has 152 valence electrons. The quantitative estimate of drug-likeness (QED) is 0.301. The van der Waals surface area contributed by atoms with Gasteiger partial charge in [0.05, 0.1) is 17.6 Å². The van der Waals surface area contributed by atoms with Gasteiger partial charge in [-0.25, -0.2) is 10.2 Å². The minimum absolute atomic E-state index is 0.0736. The molecule has 30 heavy (non-hydrogen) atoms. The van der Waals surface area contributed by atoms with E-state index in [1.807, 2.05) is 6.07 Å². The fraction of sp³-hybridized carbons (Fsp3) is 0.0556. The number of carbonyl (C=O) groups excluding carboxylic acids is 2. The monoisotopic (exact) mass is 425 g/mol. The van der Waals surface area contributed by atoms with E-state index in [0.717, 1.165) is 11.3 Å². The topological polar surface area (TPSA) is 152 Å². The van der Waals surface area contributed by atoms with Crippen LogP contribution in [-0.4, -0.2) is 33.3 Å². The molecule has 0 aliphatic heterocycles. The smallest absolute Gasteiger partial charge is 0.308 e.